The van der Waals surface area contributed by atoms with Crippen molar-refractivity contribution < 1.29 is 19.7 Å². The standard InChI is InChI=1S/C11H12O4/c12-8-1-2-9-7(5-8)3-4-15-10(9)6-11(13)14/h1-2,5,10,12H,3-4,6H2,(H,13,14). The number of phenolic OH excluding ortho intramolecular Hbond substituents is 1. The van der Waals surface area contributed by atoms with E-state index in [-0.39, 0.29) is 18.3 Å². The number of benzene rings is 1. The molecule has 0 aliphatic carbocycles. The predicted octanol–water partition coefficient (Wildman–Crippen LogP) is 1.48. The Bertz CT molecular complexity index is 386. The Morgan fingerprint density at radius 2 is 2.33 bits per heavy atom. The van der Waals surface area contributed by atoms with E-state index < -0.39 is 5.97 Å². The Labute approximate surface area is 87.1 Å². The summed E-state index contributed by atoms with van der Waals surface area (Å²) in [5.41, 5.74) is 1.86. The van der Waals surface area contributed by atoms with E-state index in [0.717, 1.165) is 17.5 Å². The molecule has 1 aromatic rings. The minimum Gasteiger partial charge on any atom is -0.508 e. The molecule has 1 heterocycles. The Morgan fingerprint density at radius 3 is 3.07 bits per heavy atom. The topological polar surface area (TPSA) is 66.8 Å². The maximum atomic E-state index is 10.6. The highest BCUT2D eigenvalue weighted by Gasteiger charge is 2.23. The molecule has 0 radical (unpaired) electrons. The minimum absolute atomic E-state index is 0.0300. The van der Waals surface area contributed by atoms with E-state index in [1.54, 1.807) is 18.2 Å². The van der Waals surface area contributed by atoms with Gasteiger partial charge in [0.15, 0.2) is 0 Å². The molecule has 1 unspecified atom stereocenters. The first-order chi connectivity index (χ1) is 7.16. The molecular formula is C11H12O4. The number of fused-ring (bicyclic) bond motifs is 1. The lowest BCUT2D eigenvalue weighted by Gasteiger charge is -2.24. The van der Waals surface area contributed by atoms with E-state index in [2.05, 4.69) is 0 Å². The first kappa shape index (κ1) is 9.98. The van der Waals surface area contributed by atoms with Crippen molar-refractivity contribution in [1.82, 2.24) is 0 Å². The van der Waals surface area contributed by atoms with Gasteiger partial charge in [0.05, 0.1) is 19.1 Å². The SMILES string of the molecule is O=C(O)CC1OCCc2cc(O)ccc21. The summed E-state index contributed by atoms with van der Waals surface area (Å²) >= 11 is 0. The summed E-state index contributed by atoms with van der Waals surface area (Å²) in [4.78, 5) is 10.6. The van der Waals surface area contributed by atoms with E-state index in [1.165, 1.54) is 0 Å². The molecule has 1 atom stereocenters. The third-order valence-electron chi connectivity index (χ3n) is 2.52. The fourth-order valence-corrected chi connectivity index (χ4v) is 1.85. The Morgan fingerprint density at radius 1 is 1.53 bits per heavy atom. The molecule has 0 bridgehead atoms. The van der Waals surface area contributed by atoms with Gasteiger partial charge in [0.1, 0.15) is 5.75 Å². The number of phenols is 1. The number of aromatic hydroxyl groups is 1. The van der Waals surface area contributed by atoms with Gasteiger partial charge in [0.25, 0.3) is 0 Å². The normalized spacial score (nSPS) is 19.6. The molecule has 0 saturated carbocycles. The second kappa shape index (κ2) is 3.90. The van der Waals surface area contributed by atoms with Gasteiger partial charge < -0.3 is 14.9 Å². The van der Waals surface area contributed by atoms with Crippen LogP contribution in [0.25, 0.3) is 0 Å². The molecule has 1 aromatic carbocycles. The van der Waals surface area contributed by atoms with Gasteiger partial charge >= 0.3 is 5.97 Å². The van der Waals surface area contributed by atoms with Crippen LogP contribution in [0.4, 0.5) is 0 Å². The first-order valence-corrected chi connectivity index (χ1v) is 4.82. The quantitative estimate of drug-likeness (QED) is 0.772. The van der Waals surface area contributed by atoms with Gasteiger partial charge in [-0.15, -0.1) is 0 Å². The largest absolute Gasteiger partial charge is 0.508 e. The zero-order valence-electron chi connectivity index (χ0n) is 8.14. The molecule has 0 saturated heterocycles. The van der Waals surface area contributed by atoms with Gasteiger partial charge in [-0.2, -0.15) is 0 Å². The van der Waals surface area contributed by atoms with Crippen LogP contribution >= 0.6 is 0 Å². The average Bonchev–Trinajstić information content (AvgIpc) is 2.16. The number of carboxylic acids is 1. The van der Waals surface area contributed by atoms with E-state index >= 15 is 0 Å². The van der Waals surface area contributed by atoms with Gasteiger partial charge in [-0.25, -0.2) is 0 Å². The molecule has 0 amide bonds. The molecule has 1 aliphatic rings. The van der Waals surface area contributed by atoms with E-state index in [4.69, 9.17) is 9.84 Å². The Balaban J connectivity index is 2.30. The van der Waals surface area contributed by atoms with E-state index in [1.807, 2.05) is 0 Å². The average molecular weight is 208 g/mol. The molecule has 4 nitrogen and oxygen atoms in total. The molecular weight excluding hydrogens is 196 g/mol. The molecule has 0 aromatic heterocycles. The van der Waals surface area contributed by atoms with Crippen molar-refractivity contribution in [2.75, 3.05) is 6.61 Å². The third kappa shape index (κ3) is 2.10. The van der Waals surface area contributed by atoms with Crippen molar-refractivity contribution in [3.63, 3.8) is 0 Å². The van der Waals surface area contributed by atoms with Crippen LogP contribution in [-0.4, -0.2) is 22.8 Å². The van der Waals surface area contributed by atoms with Gasteiger partial charge in [0.2, 0.25) is 0 Å². The molecule has 15 heavy (non-hydrogen) atoms. The Hall–Kier alpha value is -1.55. The van der Waals surface area contributed by atoms with E-state index in [0.29, 0.717) is 6.61 Å². The molecule has 2 N–H and O–H groups in total. The second-order valence-corrected chi connectivity index (χ2v) is 3.59. The van der Waals surface area contributed by atoms with Crippen LogP contribution in [0.3, 0.4) is 0 Å². The van der Waals surface area contributed by atoms with Crippen LogP contribution < -0.4 is 0 Å². The highest BCUT2D eigenvalue weighted by Crippen LogP contribution is 2.31. The van der Waals surface area contributed by atoms with Crippen LogP contribution in [0.1, 0.15) is 23.7 Å². The lowest BCUT2D eigenvalue weighted by atomic mass is 9.95. The van der Waals surface area contributed by atoms with Gasteiger partial charge in [-0.1, -0.05) is 6.07 Å². The summed E-state index contributed by atoms with van der Waals surface area (Å²) < 4.78 is 5.39. The number of ether oxygens (including phenoxy) is 1. The maximum Gasteiger partial charge on any atom is 0.306 e. The molecule has 2 rings (SSSR count). The molecule has 0 spiro atoms. The van der Waals surface area contributed by atoms with Crippen LogP contribution in [0.2, 0.25) is 0 Å². The van der Waals surface area contributed by atoms with E-state index in [9.17, 15) is 9.90 Å². The summed E-state index contributed by atoms with van der Waals surface area (Å²) in [5.74, 6) is -0.661. The Kier molecular flexibility index (Phi) is 2.60. The lowest BCUT2D eigenvalue weighted by Crippen LogP contribution is -2.18. The summed E-state index contributed by atoms with van der Waals surface area (Å²) in [6.45, 7) is 0.508. The van der Waals surface area contributed by atoms with Crippen molar-refractivity contribution >= 4 is 5.97 Å². The van der Waals surface area contributed by atoms with Gasteiger partial charge in [-0.05, 0) is 29.7 Å². The number of carbonyl (C=O) groups is 1. The second-order valence-electron chi connectivity index (χ2n) is 3.59. The molecule has 1 aliphatic heterocycles. The summed E-state index contributed by atoms with van der Waals surface area (Å²) in [5, 5.41) is 18.0. The van der Waals surface area contributed by atoms with Crippen LogP contribution in [-0.2, 0) is 16.0 Å². The highest BCUT2D eigenvalue weighted by atomic mass is 16.5. The fourth-order valence-electron chi connectivity index (χ4n) is 1.85. The van der Waals surface area contributed by atoms with Crippen molar-refractivity contribution in [3.05, 3.63) is 29.3 Å². The van der Waals surface area contributed by atoms with Crippen LogP contribution in [0.15, 0.2) is 18.2 Å². The lowest BCUT2D eigenvalue weighted by molar-refractivity contribution is -0.140. The van der Waals surface area contributed by atoms with Crippen LogP contribution in [0.5, 0.6) is 5.75 Å². The van der Waals surface area contributed by atoms with Gasteiger partial charge in [0, 0.05) is 0 Å². The fraction of sp³-hybridized carbons (Fsp3) is 0.364. The van der Waals surface area contributed by atoms with Crippen LogP contribution in [0, 0.1) is 0 Å². The molecule has 80 valence electrons. The highest BCUT2D eigenvalue weighted by molar-refractivity contribution is 5.68. The zero-order valence-corrected chi connectivity index (χ0v) is 8.14. The summed E-state index contributed by atoms with van der Waals surface area (Å²) in [6.07, 6.45) is 0.310. The number of hydrogen-bond donors (Lipinski definition) is 2. The number of carboxylic acid groups (broad SMARTS) is 1. The minimum atomic E-state index is -0.874. The smallest absolute Gasteiger partial charge is 0.306 e. The van der Waals surface area contributed by atoms with Crippen molar-refractivity contribution in [2.45, 2.75) is 18.9 Å². The molecule has 4 heteroatoms. The predicted molar refractivity (Wildman–Crippen MR) is 52.8 cm³/mol. The van der Waals surface area contributed by atoms with Crippen molar-refractivity contribution in [3.8, 4) is 5.75 Å². The number of rotatable bonds is 2. The maximum absolute atomic E-state index is 10.6. The molecule has 0 fully saturated rings. The monoisotopic (exact) mass is 208 g/mol. The summed E-state index contributed by atoms with van der Waals surface area (Å²) in [6, 6.07) is 4.96. The zero-order chi connectivity index (χ0) is 10.8. The first-order valence-electron chi connectivity index (χ1n) is 4.82. The number of aliphatic carboxylic acids is 1. The summed E-state index contributed by atoms with van der Waals surface area (Å²) in [7, 11) is 0. The van der Waals surface area contributed by atoms with Gasteiger partial charge in [-0.3, -0.25) is 4.79 Å². The number of hydrogen-bond acceptors (Lipinski definition) is 3. The van der Waals surface area contributed by atoms with Crippen molar-refractivity contribution in [2.24, 2.45) is 0 Å². The van der Waals surface area contributed by atoms with Crippen molar-refractivity contribution in [1.29, 1.82) is 0 Å². The third-order valence-corrected chi connectivity index (χ3v) is 2.52.